The Labute approximate surface area is 157 Å². The van der Waals surface area contributed by atoms with Gasteiger partial charge < -0.3 is 4.90 Å². The summed E-state index contributed by atoms with van der Waals surface area (Å²) in [7, 11) is 1.68. The molecule has 0 radical (unpaired) electrons. The van der Waals surface area contributed by atoms with Crippen LogP contribution in [0.1, 0.15) is 43.5 Å². The number of aromatic amines is 1. The van der Waals surface area contributed by atoms with Crippen molar-refractivity contribution in [3.8, 4) is 0 Å². The van der Waals surface area contributed by atoms with Gasteiger partial charge in [-0.2, -0.15) is 0 Å². The highest BCUT2D eigenvalue weighted by molar-refractivity contribution is 7.99. The summed E-state index contributed by atoms with van der Waals surface area (Å²) in [6.07, 6.45) is 7.44. The molecule has 1 amide bonds. The van der Waals surface area contributed by atoms with E-state index in [1.807, 2.05) is 0 Å². The third-order valence-corrected chi connectivity index (χ3v) is 5.72. The average Bonchev–Trinajstić information content (AvgIpc) is 3.31. The van der Waals surface area contributed by atoms with Crippen molar-refractivity contribution in [2.75, 3.05) is 12.8 Å². The van der Waals surface area contributed by atoms with E-state index >= 15 is 0 Å². The predicted molar refractivity (Wildman–Crippen MR) is 100 cm³/mol. The van der Waals surface area contributed by atoms with Crippen molar-refractivity contribution in [1.29, 1.82) is 0 Å². The number of aryl methyl sites for hydroxylation is 1. The fourth-order valence-electron chi connectivity index (χ4n) is 3.30. The number of halogens is 1. The number of nitrogens with one attached hydrogen (secondary N) is 1. The van der Waals surface area contributed by atoms with Crippen LogP contribution in [0.4, 0.5) is 4.39 Å². The van der Waals surface area contributed by atoms with Crippen LogP contribution in [0.25, 0.3) is 0 Å². The maximum atomic E-state index is 13.7. The number of carbonyl (C=O) groups is 1. The van der Waals surface area contributed by atoms with E-state index in [-0.39, 0.29) is 24.0 Å². The van der Waals surface area contributed by atoms with Crippen molar-refractivity contribution in [3.63, 3.8) is 0 Å². The number of carbonyl (C=O) groups excluding carboxylic acids is 1. The standard InChI is InChI=1S/C19H25FN4OS/c1-24(12-15-8-4-5-9-16(15)20)18(25)13-26-19-21-17(22-23-19)11-10-14-6-2-3-7-14/h4-5,8-9,14H,2-3,6-7,10-13H2,1H3,(H,21,22,23). The first-order valence-electron chi connectivity index (χ1n) is 9.13. The summed E-state index contributed by atoms with van der Waals surface area (Å²) in [5, 5.41) is 7.76. The zero-order valence-electron chi connectivity index (χ0n) is 15.1. The van der Waals surface area contributed by atoms with E-state index in [2.05, 4.69) is 15.2 Å². The van der Waals surface area contributed by atoms with Crippen LogP contribution in [-0.2, 0) is 17.8 Å². The first-order valence-corrected chi connectivity index (χ1v) is 10.1. The minimum Gasteiger partial charge on any atom is -0.341 e. The van der Waals surface area contributed by atoms with Crippen LogP contribution in [0, 0.1) is 11.7 Å². The Kier molecular flexibility index (Phi) is 6.66. The van der Waals surface area contributed by atoms with Gasteiger partial charge in [-0.3, -0.25) is 9.89 Å². The lowest BCUT2D eigenvalue weighted by atomic mass is 10.0. The van der Waals surface area contributed by atoms with E-state index in [4.69, 9.17) is 0 Å². The Morgan fingerprint density at radius 3 is 2.88 bits per heavy atom. The zero-order valence-corrected chi connectivity index (χ0v) is 15.9. The number of thioether (sulfide) groups is 1. The Bertz CT molecular complexity index is 730. The minimum absolute atomic E-state index is 0.0736. The van der Waals surface area contributed by atoms with Gasteiger partial charge in [-0.05, 0) is 18.4 Å². The van der Waals surface area contributed by atoms with Crippen LogP contribution in [0.5, 0.6) is 0 Å². The number of amides is 1. The highest BCUT2D eigenvalue weighted by Gasteiger charge is 2.16. The highest BCUT2D eigenvalue weighted by atomic mass is 32.2. The molecule has 0 spiro atoms. The fraction of sp³-hybridized carbons (Fsp3) is 0.526. The van der Waals surface area contributed by atoms with Crippen molar-refractivity contribution in [2.45, 2.75) is 50.2 Å². The Hall–Kier alpha value is -1.89. The Balaban J connectivity index is 1.43. The van der Waals surface area contributed by atoms with Gasteiger partial charge >= 0.3 is 0 Å². The van der Waals surface area contributed by atoms with E-state index in [0.717, 1.165) is 24.6 Å². The molecule has 1 aliphatic rings. The van der Waals surface area contributed by atoms with Crippen LogP contribution in [0.15, 0.2) is 29.4 Å². The number of benzene rings is 1. The number of hydrogen-bond donors (Lipinski definition) is 1. The van der Waals surface area contributed by atoms with Crippen molar-refractivity contribution in [3.05, 3.63) is 41.5 Å². The van der Waals surface area contributed by atoms with Crippen LogP contribution in [-0.4, -0.2) is 38.8 Å². The number of hydrogen-bond acceptors (Lipinski definition) is 4. The molecule has 1 N–H and O–H groups in total. The summed E-state index contributed by atoms with van der Waals surface area (Å²) in [6.45, 7) is 0.257. The number of rotatable bonds is 8. The number of nitrogens with zero attached hydrogens (tertiary/aromatic N) is 3. The monoisotopic (exact) mass is 376 g/mol. The smallest absolute Gasteiger partial charge is 0.233 e. The molecule has 1 aromatic carbocycles. The molecule has 1 aromatic heterocycles. The van der Waals surface area contributed by atoms with Gasteiger partial charge in [-0.1, -0.05) is 55.6 Å². The molecule has 2 aromatic rings. The maximum Gasteiger partial charge on any atom is 0.233 e. The van der Waals surface area contributed by atoms with Crippen LogP contribution >= 0.6 is 11.8 Å². The SMILES string of the molecule is CN(Cc1ccccc1F)C(=O)CSc1n[nH]c(CCC2CCCC2)n1. The highest BCUT2D eigenvalue weighted by Crippen LogP contribution is 2.28. The summed E-state index contributed by atoms with van der Waals surface area (Å²) in [5.74, 6) is 1.60. The van der Waals surface area contributed by atoms with E-state index in [1.165, 1.54) is 48.4 Å². The van der Waals surface area contributed by atoms with Crippen LogP contribution < -0.4 is 0 Å². The Morgan fingerprint density at radius 1 is 1.35 bits per heavy atom. The summed E-state index contributed by atoms with van der Waals surface area (Å²) in [4.78, 5) is 18.2. The molecule has 26 heavy (non-hydrogen) atoms. The summed E-state index contributed by atoms with van der Waals surface area (Å²) in [6, 6.07) is 6.51. The van der Waals surface area contributed by atoms with E-state index in [0.29, 0.717) is 10.7 Å². The molecular weight excluding hydrogens is 351 g/mol. The van der Waals surface area contributed by atoms with Crippen LogP contribution in [0.3, 0.4) is 0 Å². The molecule has 0 bridgehead atoms. The van der Waals surface area contributed by atoms with Crippen molar-refractivity contribution in [1.82, 2.24) is 20.1 Å². The molecule has 1 heterocycles. The van der Waals surface area contributed by atoms with Crippen molar-refractivity contribution >= 4 is 17.7 Å². The second kappa shape index (κ2) is 9.16. The lowest BCUT2D eigenvalue weighted by Crippen LogP contribution is -2.28. The van der Waals surface area contributed by atoms with Crippen LogP contribution in [0.2, 0.25) is 0 Å². The average molecular weight is 377 g/mol. The van der Waals surface area contributed by atoms with Crippen molar-refractivity contribution < 1.29 is 9.18 Å². The first kappa shape index (κ1) is 18.9. The molecule has 5 nitrogen and oxygen atoms in total. The third-order valence-electron chi connectivity index (χ3n) is 4.89. The second-order valence-electron chi connectivity index (χ2n) is 6.88. The van der Waals surface area contributed by atoms with Gasteiger partial charge in [-0.15, -0.1) is 5.10 Å². The van der Waals surface area contributed by atoms with Gasteiger partial charge in [0.05, 0.1) is 5.75 Å². The lowest BCUT2D eigenvalue weighted by molar-refractivity contribution is -0.127. The zero-order chi connectivity index (χ0) is 18.4. The number of aromatic nitrogens is 3. The van der Waals surface area contributed by atoms with Gasteiger partial charge in [0.1, 0.15) is 11.6 Å². The molecule has 1 saturated carbocycles. The van der Waals surface area contributed by atoms with E-state index < -0.39 is 0 Å². The molecular formula is C19H25FN4OS. The quantitative estimate of drug-likeness (QED) is 0.712. The molecule has 140 valence electrons. The summed E-state index contributed by atoms with van der Waals surface area (Å²) >= 11 is 1.31. The molecule has 0 aliphatic heterocycles. The lowest BCUT2D eigenvalue weighted by Gasteiger charge is -2.17. The molecule has 0 saturated heterocycles. The summed E-state index contributed by atoms with van der Waals surface area (Å²) in [5.41, 5.74) is 0.514. The fourth-order valence-corrected chi connectivity index (χ4v) is 4.06. The normalized spacial score (nSPS) is 14.7. The van der Waals surface area contributed by atoms with Crippen molar-refractivity contribution in [2.24, 2.45) is 5.92 Å². The van der Waals surface area contributed by atoms with Gasteiger partial charge in [0.15, 0.2) is 0 Å². The second-order valence-corrected chi connectivity index (χ2v) is 7.83. The van der Waals surface area contributed by atoms with E-state index in [1.54, 1.807) is 25.2 Å². The molecule has 0 unspecified atom stereocenters. The van der Waals surface area contributed by atoms with Gasteiger partial charge in [0.2, 0.25) is 11.1 Å². The number of H-pyrrole nitrogens is 1. The largest absolute Gasteiger partial charge is 0.341 e. The van der Waals surface area contributed by atoms with E-state index in [9.17, 15) is 9.18 Å². The minimum atomic E-state index is -0.291. The molecule has 1 aliphatic carbocycles. The summed E-state index contributed by atoms with van der Waals surface area (Å²) < 4.78 is 13.7. The third kappa shape index (κ3) is 5.30. The predicted octanol–water partition coefficient (Wildman–Crippen LogP) is 3.82. The molecule has 7 heteroatoms. The topological polar surface area (TPSA) is 61.9 Å². The molecule has 0 atom stereocenters. The van der Waals surface area contributed by atoms with Gasteiger partial charge in [-0.25, -0.2) is 9.37 Å². The maximum absolute atomic E-state index is 13.7. The molecule has 3 rings (SSSR count). The molecule has 1 fully saturated rings. The van der Waals surface area contributed by atoms with Gasteiger partial charge in [0, 0.05) is 25.6 Å². The Morgan fingerprint density at radius 2 is 2.12 bits per heavy atom. The first-order chi connectivity index (χ1) is 12.6. The van der Waals surface area contributed by atoms with Gasteiger partial charge in [0.25, 0.3) is 0 Å².